The van der Waals surface area contributed by atoms with Crippen LogP contribution in [0.25, 0.3) is 179 Å². The molecule has 0 spiro atoms. The van der Waals surface area contributed by atoms with E-state index in [0.717, 1.165) is 33.7 Å². The maximum Gasteiger partial charge on any atom is 4.00 e. The molecule has 28 nitrogen and oxygen atoms in total. The van der Waals surface area contributed by atoms with Gasteiger partial charge in [0.1, 0.15) is 85.6 Å². The van der Waals surface area contributed by atoms with Gasteiger partial charge in [-0.1, -0.05) is 146 Å². The smallest absolute Gasteiger partial charge is 0.744 e. The number of fused-ring (bicyclic) bond motifs is 40. The predicted octanol–water partition coefficient (Wildman–Crippen LogP) is 9.35. The van der Waals surface area contributed by atoms with E-state index in [4.69, 9.17) is 39.9 Å². The maximum absolute atomic E-state index is 12.7. The molecule has 4 aliphatic heterocycles. The Balaban J connectivity index is 0.000000151. The molecule has 14 aromatic rings. The molecule has 4 aliphatic rings. The molecule has 33 heteroatoms. The summed E-state index contributed by atoms with van der Waals surface area (Å²) in [7, 11) is -22.0. The molecule has 6 aromatic heterocycles. The average Bonchev–Trinajstić information content (AvgIpc) is 1.64. The molecule has 0 radical (unpaired) electrons. The zero-order valence-electron chi connectivity index (χ0n) is 48.4. The van der Waals surface area contributed by atoms with Crippen LogP contribution in [0.15, 0.2) is 189 Å². The van der Waals surface area contributed by atoms with E-state index in [-0.39, 0.29) is 87.8 Å². The minimum atomic E-state index is -5.56. The van der Waals surface area contributed by atoms with Crippen LogP contribution >= 0.6 is 0 Å². The predicted molar refractivity (Wildman–Crippen MR) is 344 cm³/mol. The van der Waals surface area contributed by atoms with Gasteiger partial charge in [-0.05, 0) is 24.3 Å². The summed E-state index contributed by atoms with van der Waals surface area (Å²) < 4.78 is 149. The average molecular weight is 1450 g/mol. The molecule has 4 N–H and O–H groups in total. The summed E-state index contributed by atoms with van der Waals surface area (Å²) in [5, 5.41) is 2.26. The van der Waals surface area contributed by atoms with Crippen molar-refractivity contribution in [2.24, 2.45) is 0 Å². The maximum atomic E-state index is 12.7. The van der Waals surface area contributed by atoms with Crippen molar-refractivity contribution in [3.63, 3.8) is 0 Å². The summed E-state index contributed by atoms with van der Waals surface area (Å²) in [5.41, 5.74) is 6.17. The van der Waals surface area contributed by atoms with Crippen molar-refractivity contribution in [1.82, 2.24) is 79.7 Å². The molecule has 16 bridgehead atoms. The van der Waals surface area contributed by atoms with Crippen LogP contribution in [0, 0.1) is 0 Å². The van der Waals surface area contributed by atoms with E-state index in [0.29, 0.717) is 78.7 Å². The van der Waals surface area contributed by atoms with E-state index in [1.54, 1.807) is 72.8 Å². The molecule has 0 aliphatic carbocycles. The third-order valence-corrected chi connectivity index (χ3v) is 20.2. The van der Waals surface area contributed by atoms with Crippen molar-refractivity contribution in [1.29, 1.82) is 0 Å². The number of rotatable bonds is 4. The first-order chi connectivity index (χ1) is 46.1. The molecule has 0 fully saturated rings. The molecule has 97 heavy (non-hydrogen) atoms. The van der Waals surface area contributed by atoms with Gasteiger partial charge in [0.15, 0.2) is 46.6 Å². The fourth-order valence-electron chi connectivity index (χ4n) is 12.3. The van der Waals surface area contributed by atoms with Crippen LogP contribution in [-0.4, -0.2) is 132 Å². The number of H-pyrrole nitrogens is 4. The number of hydrogen-bond donors (Lipinski definition) is 4. The minimum Gasteiger partial charge on any atom is -0.744 e. The Labute approximate surface area is 556 Å². The van der Waals surface area contributed by atoms with Crippen molar-refractivity contribution in [2.75, 3.05) is 0 Å². The van der Waals surface area contributed by atoms with Gasteiger partial charge < -0.3 is 38.1 Å². The number of benzene rings is 8. The molecule has 0 amide bonds. The molecule has 18 rings (SSSR count). The fourth-order valence-corrected chi connectivity index (χ4v) is 16.1. The van der Waals surface area contributed by atoms with Crippen LogP contribution in [0.5, 0.6) is 0 Å². The zero-order chi connectivity index (χ0) is 65.9. The first-order valence-corrected chi connectivity index (χ1v) is 34.1. The van der Waals surface area contributed by atoms with Crippen LogP contribution in [0.1, 0.15) is 0 Å². The summed E-state index contributed by atoms with van der Waals surface area (Å²) in [4.78, 5) is 64.4. The Bertz CT molecular complexity index is 6350. The van der Waals surface area contributed by atoms with Gasteiger partial charge in [-0.25, -0.2) is 93.5 Å². The van der Waals surface area contributed by atoms with Crippen LogP contribution in [-0.2, 0) is 60.0 Å². The normalized spacial score (nSPS) is 12.6. The topological polar surface area (TPSA) is 447 Å². The van der Waals surface area contributed by atoms with Crippen LogP contribution < -0.4 is 0 Å². The largest absolute Gasteiger partial charge is 4.00 e. The van der Waals surface area contributed by atoms with Gasteiger partial charge >= 0.3 is 19.5 Å². The van der Waals surface area contributed by atoms with Crippen molar-refractivity contribution in [3.05, 3.63) is 170 Å². The van der Waals surface area contributed by atoms with Gasteiger partial charge in [0.2, 0.25) is 0 Å². The van der Waals surface area contributed by atoms with E-state index in [1.165, 1.54) is 12.1 Å². The van der Waals surface area contributed by atoms with Crippen LogP contribution in [0.4, 0.5) is 0 Å². The van der Waals surface area contributed by atoms with Crippen LogP contribution in [0.2, 0.25) is 0 Å². The monoisotopic (exact) mass is 1450 g/mol. The Kier molecular flexibility index (Phi) is 13.7. The van der Waals surface area contributed by atoms with E-state index in [2.05, 4.69) is 39.9 Å². The van der Waals surface area contributed by atoms with Gasteiger partial charge in [0.05, 0.1) is 19.6 Å². The third kappa shape index (κ3) is 10.0. The summed E-state index contributed by atoms with van der Waals surface area (Å²) in [5.74, 6) is 1.75. The second-order valence-electron chi connectivity index (χ2n) is 21.9. The van der Waals surface area contributed by atoms with Gasteiger partial charge in [0, 0.05) is 87.6 Å². The molecule has 472 valence electrons. The summed E-state index contributed by atoms with van der Waals surface area (Å²) in [6.45, 7) is 0. The Morgan fingerprint density at radius 2 is 0.423 bits per heavy atom. The third-order valence-electron chi connectivity index (χ3n) is 16.3. The van der Waals surface area contributed by atoms with E-state index < -0.39 is 70.8 Å². The Hall–Kier alpha value is -11.3. The summed E-state index contributed by atoms with van der Waals surface area (Å²) in [6.07, 6.45) is 0. The summed E-state index contributed by atoms with van der Waals surface area (Å²) in [6, 6.07) is 47.7. The van der Waals surface area contributed by atoms with Gasteiger partial charge in [-0.2, -0.15) is 0 Å². The molecule has 8 aromatic carbocycles. The molecule has 10 heterocycles. The van der Waals surface area contributed by atoms with E-state index in [1.807, 2.05) is 72.8 Å². The minimum absolute atomic E-state index is 0. The molecule has 0 atom stereocenters. The number of aromatic nitrogens is 16. The first kappa shape index (κ1) is 60.7. The second-order valence-corrected chi connectivity index (χ2v) is 27.3. The van der Waals surface area contributed by atoms with Crippen molar-refractivity contribution in [3.8, 4) is 91.1 Å². The molecular weight excluding hydrogens is 1410 g/mol. The quantitative estimate of drug-likeness (QED) is 0.0941. The van der Waals surface area contributed by atoms with Gasteiger partial charge in [0.25, 0.3) is 0 Å². The Morgan fingerprint density at radius 1 is 0.227 bits per heavy atom. The number of nitrogens with one attached hydrogen (secondary N) is 4. The first-order valence-electron chi connectivity index (χ1n) is 28.5. The van der Waals surface area contributed by atoms with Gasteiger partial charge in [-0.3, -0.25) is 0 Å². The Morgan fingerprint density at radius 3 is 0.639 bits per heavy atom. The van der Waals surface area contributed by atoms with Crippen LogP contribution in [0.3, 0.4) is 0 Å². The SMILES string of the molecule is O=S(=O)([O-])c1ccc2c3nc4nc(nc5[nH]c(nc6nc(nc([nH]3)c2c1S(=O)(=O)[O-])-c1ccccc1-6)c1ccccc51)-c1ccccc1-4.O=S(=O)([O-])c1ccc2c3nc4nc(nc5[nH]c(nc6nc(nc([nH]3)c2c1S(=O)(=O)[O-])-c1ccccc1-6)c1ccccc51)-c1ccccc1-4.[Ru+4]. The van der Waals surface area contributed by atoms with Crippen molar-refractivity contribution >= 4 is 129 Å². The molecule has 0 saturated carbocycles. The van der Waals surface area contributed by atoms with Crippen molar-refractivity contribution < 1.29 is 71.4 Å². The number of nitrogens with zero attached hydrogens (tertiary/aromatic N) is 12. The van der Waals surface area contributed by atoms with E-state index >= 15 is 0 Å². The number of aromatic amines is 4. The van der Waals surface area contributed by atoms with Gasteiger partial charge in [-0.15, -0.1) is 0 Å². The molecule has 0 saturated heterocycles. The zero-order valence-corrected chi connectivity index (χ0v) is 53.4. The standard InChI is InChI=1S/2C32H18N8O6S2.Ru/c2*41-47(42,43)22-14-13-21-23(24(22)48(44,45)46)32-39-30-20-12-6-5-11-19(20)28(37-30)35-26-16-8-2-1-7-15(16)25(33-26)34-27-17-9-3-4-10-18(17)29(36-27)38-31(21)40-32;/h2*1-14H,(H,41,42,43)(H,44,45,46)(H2,33,34,35,36,37,38,39,40);/q;;+4/p-4. The molecular formula is C64H32N16O12RuS4. The van der Waals surface area contributed by atoms with Crippen molar-refractivity contribution in [2.45, 2.75) is 19.6 Å². The number of hydrogen-bond acceptors (Lipinski definition) is 24. The molecule has 0 unspecified atom stereocenters. The second kappa shape index (κ2) is 21.9. The fraction of sp³-hybridized carbons (Fsp3) is 0. The summed E-state index contributed by atoms with van der Waals surface area (Å²) >= 11 is 0. The van der Waals surface area contributed by atoms with E-state index in [9.17, 15) is 51.9 Å².